The minimum Gasteiger partial charge on any atom is -0.399 e. The van der Waals surface area contributed by atoms with E-state index in [1.165, 1.54) is 11.1 Å². The molecule has 6 N–H and O–H groups in total. The highest BCUT2D eigenvalue weighted by Crippen LogP contribution is 2.43. The van der Waals surface area contributed by atoms with Gasteiger partial charge < -0.3 is 50.5 Å². The first-order chi connectivity index (χ1) is 30.7. The van der Waals surface area contributed by atoms with Gasteiger partial charge in [-0.3, -0.25) is 24.1 Å². The van der Waals surface area contributed by atoms with E-state index in [-0.39, 0.29) is 107 Å². The van der Waals surface area contributed by atoms with Crippen molar-refractivity contribution in [3.8, 4) is 11.3 Å². The van der Waals surface area contributed by atoms with Crippen LogP contribution in [-0.4, -0.2) is 145 Å². The number of hydrogen-bond acceptors (Lipinski definition) is 13. The van der Waals surface area contributed by atoms with E-state index < -0.39 is 52.9 Å². The molecule has 2 saturated heterocycles. The Morgan fingerprint density at radius 3 is 2.38 bits per heavy atom. The molecule has 0 saturated carbocycles. The van der Waals surface area contributed by atoms with E-state index in [1.54, 1.807) is 24.6 Å². The number of imidazole rings is 1. The summed E-state index contributed by atoms with van der Waals surface area (Å²) in [5, 5.41) is 18.4. The molecule has 4 amide bonds. The van der Waals surface area contributed by atoms with Crippen molar-refractivity contribution in [1.82, 2.24) is 35.3 Å². The molecule has 2 fully saturated rings. The molecule has 16 nitrogen and oxygen atoms in total. The van der Waals surface area contributed by atoms with Gasteiger partial charge in [0.1, 0.15) is 30.2 Å². The highest BCUT2D eigenvalue weighted by molar-refractivity contribution is 7.81. The quantitative estimate of drug-likeness (QED) is 0.0391. The standard InChI is InChI=1S/C44H59F3N8O8S/c1-44(2,20-38(57)51-11-13-62-15-17-63-16-14-61-12-10-49-22-32(48)26-55-39(58)19-37(64)43(55)60)41(54(40(59)28-56)25-30-21-50-23-35(30)47)42-52-36(33-18-31(45)8-9-34(33)46)27-53(42)24-29-6-4-3-5-7-29/h3-9,18,22,27,30,35,37,41,49-50,56,64H,10-17,19-21,23-26,28,48H2,1-2H3,(H,51,57)/b32-22-. The number of nitrogens with one attached hydrogen (secondary N) is 3. The number of imide groups is 1. The molecule has 350 valence electrons. The van der Waals surface area contributed by atoms with Crippen LogP contribution in [0.2, 0.25) is 0 Å². The Morgan fingerprint density at radius 1 is 1.05 bits per heavy atom. The van der Waals surface area contributed by atoms with Gasteiger partial charge in [-0.05, 0) is 23.8 Å². The van der Waals surface area contributed by atoms with Crippen molar-refractivity contribution in [2.24, 2.45) is 17.1 Å². The largest absolute Gasteiger partial charge is 0.399 e. The molecule has 2 aliphatic rings. The second-order valence-electron chi connectivity index (χ2n) is 16.3. The summed E-state index contributed by atoms with van der Waals surface area (Å²) in [6.45, 7) is 5.46. The molecule has 0 radical (unpaired) electrons. The van der Waals surface area contributed by atoms with Gasteiger partial charge in [0.25, 0.3) is 0 Å². The zero-order valence-corrected chi connectivity index (χ0v) is 37.0. The first-order valence-corrected chi connectivity index (χ1v) is 21.7. The predicted octanol–water partition coefficient (Wildman–Crippen LogP) is 2.33. The summed E-state index contributed by atoms with van der Waals surface area (Å²) in [6, 6.07) is 11.3. The van der Waals surface area contributed by atoms with Gasteiger partial charge in [-0.1, -0.05) is 44.2 Å². The molecule has 2 aliphatic heterocycles. The fraction of sp³-hybridized carbons (Fsp3) is 0.523. The van der Waals surface area contributed by atoms with Gasteiger partial charge in [0.2, 0.25) is 23.6 Å². The molecule has 4 unspecified atom stereocenters. The summed E-state index contributed by atoms with van der Waals surface area (Å²) < 4.78 is 63.3. The summed E-state index contributed by atoms with van der Waals surface area (Å²) in [5.41, 5.74) is 5.95. The minimum absolute atomic E-state index is 0.00348. The van der Waals surface area contributed by atoms with E-state index in [0.29, 0.717) is 32.1 Å². The van der Waals surface area contributed by atoms with Gasteiger partial charge >= 0.3 is 0 Å². The normalized spacial score (nSPS) is 18.5. The van der Waals surface area contributed by atoms with E-state index in [1.807, 2.05) is 30.3 Å². The Balaban J connectivity index is 1.14. The van der Waals surface area contributed by atoms with Crippen molar-refractivity contribution in [2.75, 3.05) is 85.5 Å². The van der Waals surface area contributed by atoms with Crippen LogP contribution in [0.5, 0.6) is 0 Å². The van der Waals surface area contributed by atoms with Crippen LogP contribution in [0, 0.1) is 23.0 Å². The summed E-state index contributed by atoms with van der Waals surface area (Å²) in [4.78, 5) is 58.4. The molecule has 2 aromatic carbocycles. The van der Waals surface area contributed by atoms with Crippen LogP contribution in [0.25, 0.3) is 11.3 Å². The minimum atomic E-state index is -1.28. The van der Waals surface area contributed by atoms with Crippen LogP contribution >= 0.6 is 12.6 Å². The first kappa shape index (κ1) is 50.0. The Labute approximate surface area is 376 Å². The smallest absolute Gasteiger partial charge is 0.248 e. The van der Waals surface area contributed by atoms with Crippen molar-refractivity contribution >= 4 is 36.3 Å². The van der Waals surface area contributed by atoms with Crippen LogP contribution in [-0.2, 0) is 39.9 Å². The summed E-state index contributed by atoms with van der Waals surface area (Å²) >= 11 is 4.09. The Kier molecular flexibility index (Phi) is 19.0. The van der Waals surface area contributed by atoms with Gasteiger partial charge in [0, 0.05) is 87.1 Å². The number of nitrogens with zero attached hydrogens (tertiary/aromatic N) is 4. The van der Waals surface area contributed by atoms with Crippen molar-refractivity contribution in [3.05, 3.63) is 89.6 Å². The second-order valence-corrected chi connectivity index (χ2v) is 17.0. The average Bonchev–Trinajstić information content (AvgIpc) is 3.93. The summed E-state index contributed by atoms with van der Waals surface area (Å²) in [5.74, 6) is -3.51. The number of aromatic nitrogens is 2. The van der Waals surface area contributed by atoms with E-state index in [4.69, 9.17) is 24.9 Å². The molecule has 3 heterocycles. The Morgan fingerprint density at radius 2 is 1.73 bits per heavy atom. The highest BCUT2D eigenvalue weighted by atomic mass is 32.1. The number of carbonyl (C=O) groups excluding carboxylic acids is 4. The lowest BCUT2D eigenvalue weighted by molar-refractivity contribution is -0.142. The zero-order chi connectivity index (χ0) is 46.2. The number of likely N-dealkylation sites (tertiary alicyclic amines) is 1. The molecule has 64 heavy (non-hydrogen) atoms. The third kappa shape index (κ3) is 14.3. The van der Waals surface area contributed by atoms with Crippen LogP contribution in [0.1, 0.15) is 44.1 Å². The number of amides is 4. The number of aliphatic hydroxyl groups is 1. The Hall–Kier alpha value is -4.99. The molecular weight excluding hydrogens is 858 g/mol. The van der Waals surface area contributed by atoms with Gasteiger partial charge in [-0.25, -0.2) is 18.2 Å². The third-order valence-corrected chi connectivity index (χ3v) is 11.2. The first-order valence-electron chi connectivity index (χ1n) is 21.2. The van der Waals surface area contributed by atoms with E-state index >= 15 is 8.78 Å². The molecule has 3 aromatic rings. The molecule has 1 aromatic heterocycles. The molecule has 0 aliphatic carbocycles. The van der Waals surface area contributed by atoms with Gasteiger partial charge in [0.05, 0.1) is 63.2 Å². The van der Waals surface area contributed by atoms with Gasteiger partial charge in [-0.15, -0.1) is 0 Å². The van der Waals surface area contributed by atoms with Crippen molar-refractivity contribution in [3.63, 3.8) is 0 Å². The predicted molar refractivity (Wildman–Crippen MR) is 234 cm³/mol. The monoisotopic (exact) mass is 916 g/mol. The number of rotatable bonds is 26. The lowest BCUT2D eigenvalue weighted by Crippen LogP contribution is -2.49. The zero-order valence-electron chi connectivity index (χ0n) is 36.1. The number of halogens is 3. The number of aliphatic hydroxyl groups excluding tert-OH is 1. The van der Waals surface area contributed by atoms with Crippen molar-refractivity contribution < 1.29 is 51.7 Å². The maximum Gasteiger partial charge on any atom is 0.248 e. The molecular formula is C44H59F3N8O8S. The van der Waals surface area contributed by atoms with Gasteiger partial charge in [-0.2, -0.15) is 12.6 Å². The molecule has 0 spiro atoms. The van der Waals surface area contributed by atoms with Crippen LogP contribution < -0.4 is 21.7 Å². The maximum atomic E-state index is 15.2. The van der Waals surface area contributed by atoms with Crippen LogP contribution in [0.15, 0.2) is 66.6 Å². The van der Waals surface area contributed by atoms with E-state index in [0.717, 1.165) is 28.7 Å². The number of alkyl halides is 1. The number of nitrogens with two attached hydrogens (primary N) is 1. The lowest BCUT2D eigenvalue weighted by Gasteiger charge is -2.42. The molecule has 0 bridgehead atoms. The number of hydrogen-bond donors (Lipinski definition) is 6. The lowest BCUT2D eigenvalue weighted by atomic mass is 9.78. The number of benzene rings is 2. The maximum absolute atomic E-state index is 15.2. The topological polar surface area (TPSA) is 203 Å². The third-order valence-electron chi connectivity index (χ3n) is 10.8. The fourth-order valence-corrected chi connectivity index (χ4v) is 7.93. The summed E-state index contributed by atoms with van der Waals surface area (Å²) in [7, 11) is 0. The number of thiol groups is 1. The molecule has 20 heteroatoms. The van der Waals surface area contributed by atoms with Crippen molar-refractivity contribution in [2.45, 2.75) is 50.7 Å². The Bertz CT molecular complexity index is 2060. The van der Waals surface area contributed by atoms with Crippen molar-refractivity contribution in [1.29, 1.82) is 0 Å². The highest BCUT2D eigenvalue weighted by Gasteiger charge is 2.44. The van der Waals surface area contributed by atoms with Crippen LogP contribution in [0.4, 0.5) is 13.2 Å². The van der Waals surface area contributed by atoms with E-state index in [2.05, 4.69) is 28.6 Å². The second kappa shape index (κ2) is 24.3. The van der Waals surface area contributed by atoms with Gasteiger partial charge in [0.15, 0.2) is 0 Å². The molecule has 5 rings (SSSR count). The van der Waals surface area contributed by atoms with Crippen LogP contribution in [0.3, 0.4) is 0 Å². The summed E-state index contributed by atoms with van der Waals surface area (Å²) in [6.07, 6.45) is 1.74. The molecule has 4 atom stereocenters. The number of ether oxygens (including phenoxy) is 3. The SMILES string of the molecule is CC(C)(CC(=O)NCCOCCOCCOCCN/C=C(\N)CN1C(=O)CC(S)C1=O)C(c1nc(-c2cc(F)ccc2F)cn1Cc1ccccc1)N(CC1CNCC1F)C(=O)CO. The number of carbonyl (C=O) groups is 4. The van der Waals surface area contributed by atoms with E-state index in [9.17, 15) is 28.7 Å². The fourth-order valence-electron chi connectivity index (χ4n) is 7.64. The average molecular weight is 917 g/mol.